The summed E-state index contributed by atoms with van der Waals surface area (Å²) in [6.45, 7) is 2.34. The number of nitrogens with zero attached hydrogens (tertiary/aromatic N) is 1. The van der Waals surface area contributed by atoms with Gasteiger partial charge in [0.15, 0.2) is 0 Å². The minimum absolute atomic E-state index is 0.825. The maximum Gasteiger partial charge on any atom is 0.0991 e. The second-order valence-corrected chi connectivity index (χ2v) is 6.79. The first-order valence-electron chi connectivity index (χ1n) is 8.32. The minimum Gasteiger partial charge on any atom is -0.192 e. The van der Waals surface area contributed by atoms with E-state index in [1.807, 2.05) is 6.07 Å². The molecule has 0 saturated heterocycles. The van der Waals surface area contributed by atoms with Crippen LogP contribution in [0.5, 0.6) is 0 Å². The molecule has 0 heterocycles. The molecule has 2 aliphatic carbocycles. The highest BCUT2D eigenvalue weighted by molar-refractivity contribution is 5.39. The summed E-state index contributed by atoms with van der Waals surface area (Å²) in [5.74, 6) is 2.86. The lowest BCUT2D eigenvalue weighted by Gasteiger charge is -2.36. The van der Waals surface area contributed by atoms with Crippen LogP contribution in [-0.2, 0) is 12.8 Å². The summed E-state index contributed by atoms with van der Waals surface area (Å²) >= 11 is 0. The van der Waals surface area contributed by atoms with Gasteiger partial charge in [-0.2, -0.15) is 5.26 Å². The van der Waals surface area contributed by atoms with Crippen molar-refractivity contribution in [2.45, 2.75) is 58.3 Å². The van der Waals surface area contributed by atoms with Gasteiger partial charge in [-0.25, -0.2) is 0 Å². The molecular formula is C19H25N. The van der Waals surface area contributed by atoms with Crippen LogP contribution >= 0.6 is 0 Å². The highest BCUT2D eigenvalue weighted by atomic mass is 14.3. The second kappa shape index (κ2) is 6.00. The van der Waals surface area contributed by atoms with Crippen LogP contribution < -0.4 is 0 Å². The van der Waals surface area contributed by atoms with Crippen LogP contribution in [0.15, 0.2) is 18.2 Å². The molecule has 1 aromatic rings. The molecular weight excluding hydrogens is 242 g/mol. The van der Waals surface area contributed by atoms with E-state index in [0.29, 0.717) is 0 Å². The number of aryl methyl sites for hydroxylation is 1. The fourth-order valence-corrected chi connectivity index (χ4v) is 4.32. The zero-order valence-electron chi connectivity index (χ0n) is 12.6. The molecule has 1 aromatic carbocycles. The van der Waals surface area contributed by atoms with Gasteiger partial charge in [0.05, 0.1) is 11.6 Å². The van der Waals surface area contributed by atoms with E-state index in [2.05, 4.69) is 25.1 Å². The molecule has 0 bridgehead atoms. The quantitative estimate of drug-likeness (QED) is 0.749. The number of hydrogen-bond donors (Lipinski definition) is 0. The molecule has 3 rings (SSSR count). The standard InChI is InChI=1S/C19H25N/c1-2-14-3-6-16(7-4-14)18-10-9-17-11-15(13-20)5-8-19(17)12-18/h5,8,11,14,16,18H,2-4,6-7,9-10,12H2,1H3. The Bertz CT molecular complexity index is 503. The fourth-order valence-electron chi connectivity index (χ4n) is 4.32. The van der Waals surface area contributed by atoms with Gasteiger partial charge in [-0.05, 0) is 73.1 Å². The Kier molecular flexibility index (Phi) is 4.10. The molecule has 0 spiro atoms. The van der Waals surface area contributed by atoms with E-state index in [9.17, 15) is 0 Å². The molecule has 1 saturated carbocycles. The van der Waals surface area contributed by atoms with Gasteiger partial charge in [-0.1, -0.05) is 32.3 Å². The highest BCUT2D eigenvalue weighted by Crippen LogP contribution is 2.40. The summed E-state index contributed by atoms with van der Waals surface area (Å²) in [7, 11) is 0. The topological polar surface area (TPSA) is 23.8 Å². The van der Waals surface area contributed by atoms with E-state index in [-0.39, 0.29) is 0 Å². The van der Waals surface area contributed by atoms with Crippen molar-refractivity contribution in [3.05, 3.63) is 34.9 Å². The minimum atomic E-state index is 0.825. The predicted octanol–water partition coefficient (Wildman–Crippen LogP) is 4.88. The molecule has 0 aromatic heterocycles. The van der Waals surface area contributed by atoms with E-state index in [0.717, 1.165) is 23.3 Å². The Labute approximate surface area is 123 Å². The van der Waals surface area contributed by atoms with Crippen molar-refractivity contribution in [1.82, 2.24) is 0 Å². The average molecular weight is 267 g/mol. The Morgan fingerprint density at radius 1 is 1.05 bits per heavy atom. The van der Waals surface area contributed by atoms with E-state index in [4.69, 9.17) is 5.26 Å². The van der Waals surface area contributed by atoms with Crippen molar-refractivity contribution in [2.75, 3.05) is 0 Å². The lowest BCUT2D eigenvalue weighted by molar-refractivity contribution is 0.187. The lowest BCUT2D eigenvalue weighted by Crippen LogP contribution is -2.26. The van der Waals surface area contributed by atoms with E-state index >= 15 is 0 Å². The van der Waals surface area contributed by atoms with Gasteiger partial charge in [-0.15, -0.1) is 0 Å². The van der Waals surface area contributed by atoms with Gasteiger partial charge in [0.1, 0.15) is 0 Å². The Balaban J connectivity index is 1.66. The molecule has 1 nitrogen and oxygen atoms in total. The first kappa shape index (κ1) is 13.7. The molecule has 0 aliphatic heterocycles. The van der Waals surface area contributed by atoms with E-state index < -0.39 is 0 Å². The van der Waals surface area contributed by atoms with E-state index in [1.54, 1.807) is 0 Å². The normalized spacial score (nSPS) is 29.5. The monoisotopic (exact) mass is 267 g/mol. The first-order valence-corrected chi connectivity index (χ1v) is 8.32. The molecule has 1 unspecified atom stereocenters. The molecule has 0 amide bonds. The maximum absolute atomic E-state index is 8.99. The molecule has 2 aliphatic rings. The molecule has 1 heteroatoms. The van der Waals surface area contributed by atoms with Crippen LogP contribution in [0.25, 0.3) is 0 Å². The summed E-state index contributed by atoms with van der Waals surface area (Å²) in [5.41, 5.74) is 3.77. The third kappa shape index (κ3) is 2.75. The highest BCUT2D eigenvalue weighted by Gasteiger charge is 2.29. The molecule has 0 radical (unpaired) electrons. The Morgan fingerprint density at radius 2 is 1.85 bits per heavy atom. The maximum atomic E-state index is 8.99. The molecule has 1 fully saturated rings. The van der Waals surface area contributed by atoms with Crippen molar-refractivity contribution in [3.8, 4) is 6.07 Å². The smallest absolute Gasteiger partial charge is 0.0991 e. The summed E-state index contributed by atoms with van der Waals surface area (Å²) in [6.07, 6.45) is 11.0. The third-order valence-electron chi connectivity index (χ3n) is 5.74. The number of hydrogen-bond acceptors (Lipinski definition) is 1. The zero-order chi connectivity index (χ0) is 13.9. The summed E-state index contributed by atoms with van der Waals surface area (Å²) in [5, 5.41) is 8.99. The first-order chi connectivity index (χ1) is 9.80. The van der Waals surface area contributed by atoms with Gasteiger partial charge in [-0.3, -0.25) is 0 Å². The Hall–Kier alpha value is -1.29. The molecule has 20 heavy (non-hydrogen) atoms. The van der Waals surface area contributed by atoms with Crippen molar-refractivity contribution in [2.24, 2.45) is 17.8 Å². The fraction of sp³-hybridized carbons (Fsp3) is 0.632. The lowest BCUT2D eigenvalue weighted by atomic mass is 9.69. The van der Waals surface area contributed by atoms with Gasteiger partial charge >= 0.3 is 0 Å². The van der Waals surface area contributed by atoms with Gasteiger partial charge in [0, 0.05) is 0 Å². The number of rotatable bonds is 2. The summed E-state index contributed by atoms with van der Waals surface area (Å²) in [6, 6.07) is 8.57. The Morgan fingerprint density at radius 3 is 2.55 bits per heavy atom. The van der Waals surface area contributed by atoms with Crippen LogP contribution in [-0.4, -0.2) is 0 Å². The summed E-state index contributed by atoms with van der Waals surface area (Å²) < 4.78 is 0. The van der Waals surface area contributed by atoms with Crippen molar-refractivity contribution in [3.63, 3.8) is 0 Å². The average Bonchev–Trinajstić information content (AvgIpc) is 2.54. The number of benzene rings is 1. The van der Waals surface area contributed by atoms with Gasteiger partial charge < -0.3 is 0 Å². The zero-order valence-corrected chi connectivity index (χ0v) is 12.6. The molecule has 106 valence electrons. The number of fused-ring (bicyclic) bond motifs is 1. The van der Waals surface area contributed by atoms with Crippen molar-refractivity contribution >= 4 is 0 Å². The molecule has 1 atom stereocenters. The summed E-state index contributed by atoms with van der Waals surface area (Å²) in [4.78, 5) is 0. The van der Waals surface area contributed by atoms with Crippen LogP contribution in [0.3, 0.4) is 0 Å². The largest absolute Gasteiger partial charge is 0.192 e. The van der Waals surface area contributed by atoms with Crippen LogP contribution in [0.2, 0.25) is 0 Å². The van der Waals surface area contributed by atoms with Crippen LogP contribution in [0, 0.1) is 29.1 Å². The van der Waals surface area contributed by atoms with Crippen LogP contribution in [0.4, 0.5) is 0 Å². The van der Waals surface area contributed by atoms with Gasteiger partial charge in [0.2, 0.25) is 0 Å². The van der Waals surface area contributed by atoms with Crippen molar-refractivity contribution in [1.29, 1.82) is 5.26 Å². The molecule has 0 N–H and O–H groups in total. The number of nitriles is 1. The van der Waals surface area contributed by atoms with E-state index in [1.165, 1.54) is 62.5 Å². The second-order valence-electron chi connectivity index (χ2n) is 6.79. The van der Waals surface area contributed by atoms with Crippen molar-refractivity contribution < 1.29 is 0 Å². The SMILES string of the molecule is CCC1CCC(C2CCc3cc(C#N)ccc3C2)CC1. The third-order valence-corrected chi connectivity index (χ3v) is 5.74. The van der Waals surface area contributed by atoms with Gasteiger partial charge in [0.25, 0.3) is 0 Å². The predicted molar refractivity (Wildman–Crippen MR) is 82.4 cm³/mol. The van der Waals surface area contributed by atoms with Crippen LogP contribution in [0.1, 0.15) is 62.1 Å².